The van der Waals surface area contributed by atoms with Crippen LogP contribution in [0.2, 0.25) is 0 Å². The highest BCUT2D eigenvalue weighted by atomic mass is 15.1. The molecule has 0 aliphatic carbocycles. The van der Waals surface area contributed by atoms with Crippen LogP contribution >= 0.6 is 0 Å². The van der Waals surface area contributed by atoms with Crippen molar-refractivity contribution in [2.75, 3.05) is 12.3 Å². The van der Waals surface area contributed by atoms with Gasteiger partial charge in [0.05, 0.1) is 0 Å². The van der Waals surface area contributed by atoms with Gasteiger partial charge in [0, 0.05) is 19.3 Å². The summed E-state index contributed by atoms with van der Waals surface area (Å²) in [7, 11) is 0. The third kappa shape index (κ3) is 2.93. The zero-order chi connectivity index (χ0) is 13.1. The fourth-order valence-electron chi connectivity index (χ4n) is 2.75. The molecule has 2 heterocycles. The molecule has 2 N–H and O–H groups in total. The quantitative estimate of drug-likeness (QED) is 0.894. The minimum atomic E-state index is 0.604. The van der Waals surface area contributed by atoms with Gasteiger partial charge < -0.3 is 5.73 Å². The van der Waals surface area contributed by atoms with Crippen LogP contribution in [-0.4, -0.2) is 16.4 Å². The summed E-state index contributed by atoms with van der Waals surface area (Å²) < 4.78 is 0. The van der Waals surface area contributed by atoms with Gasteiger partial charge in [0.1, 0.15) is 5.82 Å². The number of rotatable bonds is 2. The van der Waals surface area contributed by atoms with Gasteiger partial charge in [-0.05, 0) is 48.2 Å². The van der Waals surface area contributed by atoms with Crippen LogP contribution in [-0.2, 0) is 19.5 Å². The molecule has 0 atom stereocenters. The fraction of sp³-hybridized carbons (Fsp3) is 0.312. The van der Waals surface area contributed by atoms with Crippen molar-refractivity contribution in [3.63, 3.8) is 0 Å². The molecule has 1 aliphatic rings. The SMILES string of the molecule is Nc1cc(CN2CCCc3ccccc3C2)ccn1. The molecular weight excluding hydrogens is 234 g/mol. The Morgan fingerprint density at radius 3 is 2.84 bits per heavy atom. The molecule has 0 amide bonds. The van der Waals surface area contributed by atoms with E-state index in [1.807, 2.05) is 12.1 Å². The average molecular weight is 253 g/mol. The van der Waals surface area contributed by atoms with Gasteiger partial charge in [0.15, 0.2) is 0 Å². The number of hydrogen-bond acceptors (Lipinski definition) is 3. The van der Waals surface area contributed by atoms with E-state index in [0.29, 0.717) is 5.82 Å². The normalized spacial score (nSPS) is 15.8. The zero-order valence-electron chi connectivity index (χ0n) is 11.0. The summed E-state index contributed by atoms with van der Waals surface area (Å²) in [6.07, 6.45) is 4.19. The summed E-state index contributed by atoms with van der Waals surface area (Å²) in [5, 5.41) is 0. The molecule has 2 aromatic rings. The van der Waals surface area contributed by atoms with Crippen LogP contribution in [0, 0.1) is 0 Å². The molecule has 3 heteroatoms. The number of pyridine rings is 1. The van der Waals surface area contributed by atoms with Crippen molar-refractivity contribution < 1.29 is 0 Å². The number of nitrogen functional groups attached to an aromatic ring is 1. The van der Waals surface area contributed by atoms with E-state index in [1.54, 1.807) is 6.20 Å². The monoisotopic (exact) mass is 253 g/mol. The number of fused-ring (bicyclic) bond motifs is 1. The second-order valence-corrected chi connectivity index (χ2v) is 5.17. The largest absolute Gasteiger partial charge is 0.384 e. The van der Waals surface area contributed by atoms with E-state index in [1.165, 1.54) is 29.5 Å². The summed E-state index contributed by atoms with van der Waals surface area (Å²) in [5.74, 6) is 0.604. The second-order valence-electron chi connectivity index (χ2n) is 5.17. The van der Waals surface area contributed by atoms with Gasteiger partial charge in [-0.1, -0.05) is 24.3 Å². The smallest absolute Gasteiger partial charge is 0.123 e. The van der Waals surface area contributed by atoms with Crippen LogP contribution in [0.4, 0.5) is 5.82 Å². The Morgan fingerprint density at radius 1 is 1.16 bits per heavy atom. The lowest BCUT2D eigenvalue weighted by atomic mass is 10.0. The predicted molar refractivity (Wildman–Crippen MR) is 77.5 cm³/mol. The topological polar surface area (TPSA) is 42.1 Å². The van der Waals surface area contributed by atoms with Crippen LogP contribution < -0.4 is 5.73 Å². The summed E-state index contributed by atoms with van der Waals surface area (Å²) in [6.45, 7) is 3.11. The first-order valence-electron chi connectivity index (χ1n) is 6.81. The Hall–Kier alpha value is -1.87. The molecule has 3 rings (SSSR count). The van der Waals surface area contributed by atoms with Gasteiger partial charge >= 0.3 is 0 Å². The Balaban J connectivity index is 1.76. The molecule has 0 bridgehead atoms. The first-order valence-corrected chi connectivity index (χ1v) is 6.81. The third-order valence-corrected chi connectivity index (χ3v) is 3.68. The van der Waals surface area contributed by atoms with Gasteiger partial charge in [-0.15, -0.1) is 0 Å². The van der Waals surface area contributed by atoms with E-state index in [2.05, 4.69) is 34.1 Å². The molecule has 19 heavy (non-hydrogen) atoms. The van der Waals surface area contributed by atoms with Crippen molar-refractivity contribution in [2.24, 2.45) is 0 Å². The van der Waals surface area contributed by atoms with Crippen LogP contribution in [0.25, 0.3) is 0 Å². The Kier molecular flexibility index (Phi) is 3.47. The number of aryl methyl sites for hydroxylation is 1. The number of benzene rings is 1. The average Bonchev–Trinajstić information content (AvgIpc) is 2.60. The minimum absolute atomic E-state index is 0.604. The maximum Gasteiger partial charge on any atom is 0.123 e. The van der Waals surface area contributed by atoms with E-state index in [9.17, 15) is 0 Å². The summed E-state index contributed by atoms with van der Waals surface area (Å²) in [4.78, 5) is 6.53. The van der Waals surface area contributed by atoms with E-state index in [4.69, 9.17) is 5.73 Å². The molecule has 0 radical (unpaired) electrons. The van der Waals surface area contributed by atoms with Crippen LogP contribution in [0.5, 0.6) is 0 Å². The number of aromatic nitrogens is 1. The van der Waals surface area contributed by atoms with Gasteiger partial charge in [-0.2, -0.15) is 0 Å². The molecule has 0 saturated carbocycles. The van der Waals surface area contributed by atoms with Gasteiger partial charge in [-0.25, -0.2) is 4.98 Å². The molecule has 0 fully saturated rings. The summed E-state index contributed by atoms with van der Waals surface area (Å²) in [6, 6.07) is 12.8. The Labute approximate surface area is 114 Å². The highest BCUT2D eigenvalue weighted by Gasteiger charge is 2.14. The molecule has 1 aromatic carbocycles. The second kappa shape index (κ2) is 5.41. The number of anilines is 1. The van der Waals surface area contributed by atoms with E-state index < -0.39 is 0 Å². The van der Waals surface area contributed by atoms with E-state index in [0.717, 1.165) is 19.6 Å². The van der Waals surface area contributed by atoms with Crippen molar-refractivity contribution in [1.29, 1.82) is 0 Å². The predicted octanol–water partition coefficient (Wildman–Crippen LogP) is 2.61. The summed E-state index contributed by atoms with van der Waals surface area (Å²) >= 11 is 0. The van der Waals surface area contributed by atoms with Crippen molar-refractivity contribution in [3.8, 4) is 0 Å². The lowest BCUT2D eigenvalue weighted by Crippen LogP contribution is -2.22. The minimum Gasteiger partial charge on any atom is -0.384 e. The maximum absolute atomic E-state index is 5.74. The highest BCUT2D eigenvalue weighted by Crippen LogP contribution is 2.20. The molecule has 1 aromatic heterocycles. The number of nitrogens with zero attached hydrogens (tertiary/aromatic N) is 2. The highest BCUT2D eigenvalue weighted by molar-refractivity contribution is 5.32. The van der Waals surface area contributed by atoms with E-state index >= 15 is 0 Å². The zero-order valence-corrected chi connectivity index (χ0v) is 11.0. The number of nitrogens with two attached hydrogens (primary N) is 1. The molecule has 0 unspecified atom stereocenters. The molecule has 0 spiro atoms. The molecular formula is C16H19N3. The van der Waals surface area contributed by atoms with Crippen LogP contribution in [0.15, 0.2) is 42.6 Å². The van der Waals surface area contributed by atoms with Gasteiger partial charge in [0.25, 0.3) is 0 Å². The Bertz CT molecular complexity index is 565. The molecule has 98 valence electrons. The van der Waals surface area contributed by atoms with Crippen LogP contribution in [0.1, 0.15) is 23.1 Å². The molecule has 3 nitrogen and oxygen atoms in total. The first-order chi connectivity index (χ1) is 9.31. The van der Waals surface area contributed by atoms with Gasteiger partial charge in [0.2, 0.25) is 0 Å². The standard InChI is InChI=1S/C16H19N3/c17-16-10-13(7-8-18-16)11-19-9-3-6-14-4-1-2-5-15(14)12-19/h1-2,4-5,7-8,10H,3,6,9,11-12H2,(H2,17,18). The van der Waals surface area contributed by atoms with Crippen molar-refractivity contribution in [1.82, 2.24) is 9.88 Å². The van der Waals surface area contributed by atoms with Crippen molar-refractivity contribution in [3.05, 3.63) is 59.3 Å². The lowest BCUT2D eigenvalue weighted by molar-refractivity contribution is 0.261. The lowest BCUT2D eigenvalue weighted by Gasteiger charge is -2.20. The van der Waals surface area contributed by atoms with Crippen LogP contribution in [0.3, 0.4) is 0 Å². The molecule has 1 aliphatic heterocycles. The summed E-state index contributed by atoms with van der Waals surface area (Å²) in [5.41, 5.74) is 9.94. The number of hydrogen-bond donors (Lipinski definition) is 1. The van der Waals surface area contributed by atoms with Crippen molar-refractivity contribution >= 4 is 5.82 Å². The molecule has 0 saturated heterocycles. The van der Waals surface area contributed by atoms with Gasteiger partial charge in [-0.3, -0.25) is 4.90 Å². The van der Waals surface area contributed by atoms with Crippen molar-refractivity contribution in [2.45, 2.75) is 25.9 Å². The first kappa shape index (κ1) is 12.2. The fourth-order valence-corrected chi connectivity index (χ4v) is 2.75. The maximum atomic E-state index is 5.74. The third-order valence-electron chi connectivity index (χ3n) is 3.68. The Morgan fingerprint density at radius 2 is 2.00 bits per heavy atom. The van der Waals surface area contributed by atoms with E-state index in [-0.39, 0.29) is 0 Å².